The average molecular weight is 419 g/mol. The first-order valence-electron chi connectivity index (χ1n) is 9.96. The van der Waals surface area contributed by atoms with Gasteiger partial charge in [-0.3, -0.25) is 14.2 Å². The molecule has 1 saturated carbocycles. The Hall–Kier alpha value is -3.11. The van der Waals surface area contributed by atoms with E-state index in [9.17, 15) is 14.9 Å². The van der Waals surface area contributed by atoms with Crippen LogP contribution in [0.4, 0.5) is 0 Å². The van der Waals surface area contributed by atoms with Crippen LogP contribution in [0.25, 0.3) is 16.6 Å². The number of benzene rings is 2. The van der Waals surface area contributed by atoms with Crippen molar-refractivity contribution in [1.29, 1.82) is 5.26 Å². The molecule has 0 unspecified atom stereocenters. The highest BCUT2D eigenvalue weighted by Crippen LogP contribution is 2.29. The number of amides is 1. The van der Waals surface area contributed by atoms with E-state index in [0.29, 0.717) is 28.9 Å². The van der Waals surface area contributed by atoms with E-state index in [2.05, 4.69) is 16.4 Å². The molecule has 0 atom stereocenters. The molecule has 0 saturated heterocycles. The lowest BCUT2D eigenvalue weighted by molar-refractivity contribution is -0.119. The number of carbonyl (C=O) groups excluding carboxylic acids is 1. The van der Waals surface area contributed by atoms with Crippen LogP contribution in [0.1, 0.15) is 31.2 Å². The van der Waals surface area contributed by atoms with E-state index < -0.39 is 5.54 Å². The van der Waals surface area contributed by atoms with E-state index in [-0.39, 0.29) is 17.2 Å². The molecular weight excluding hydrogens is 396 g/mol. The van der Waals surface area contributed by atoms with Gasteiger partial charge in [0.05, 0.1) is 28.4 Å². The Morgan fingerprint density at radius 3 is 2.63 bits per heavy atom. The molecule has 1 aromatic heterocycles. The molecule has 1 aliphatic carbocycles. The number of hydrogen-bond acceptors (Lipinski definition) is 5. The van der Waals surface area contributed by atoms with Crippen LogP contribution in [0.15, 0.2) is 58.5 Å². The van der Waals surface area contributed by atoms with Crippen LogP contribution in [0.2, 0.25) is 0 Å². The summed E-state index contributed by atoms with van der Waals surface area (Å²) in [6.07, 6.45) is 3.25. The van der Waals surface area contributed by atoms with Gasteiger partial charge in [-0.15, -0.1) is 0 Å². The molecule has 1 aliphatic rings. The van der Waals surface area contributed by atoms with Crippen LogP contribution in [-0.2, 0) is 4.79 Å². The minimum Gasteiger partial charge on any atom is -0.337 e. The van der Waals surface area contributed by atoms with Crippen molar-refractivity contribution in [3.05, 3.63) is 64.4 Å². The molecule has 4 rings (SSSR count). The molecule has 0 radical (unpaired) electrons. The Bertz CT molecular complexity index is 1210. The highest BCUT2D eigenvalue weighted by atomic mass is 32.2. The summed E-state index contributed by atoms with van der Waals surface area (Å²) in [7, 11) is 0. The minimum atomic E-state index is -0.760. The van der Waals surface area contributed by atoms with Gasteiger partial charge in [-0.05, 0) is 56.4 Å². The fourth-order valence-corrected chi connectivity index (χ4v) is 4.72. The third-order valence-electron chi connectivity index (χ3n) is 5.48. The molecule has 7 heteroatoms. The van der Waals surface area contributed by atoms with Crippen molar-refractivity contribution in [2.45, 2.75) is 43.3 Å². The smallest absolute Gasteiger partial charge is 0.266 e. The van der Waals surface area contributed by atoms with Gasteiger partial charge in [-0.25, -0.2) is 4.98 Å². The Kier molecular flexibility index (Phi) is 5.60. The van der Waals surface area contributed by atoms with Gasteiger partial charge in [0.1, 0.15) is 5.54 Å². The Morgan fingerprint density at radius 2 is 1.90 bits per heavy atom. The topological polar surface area (TPSA) is 87.8 Å². The van der Waals surface area contributed by atoms with Crippen molar-refractivity contribution in [2.75, 3.05) is 5.75 Å². The van der Waals surface area contributed by atoms with E-state index in [1.807, 2.05) is 43.3 Å². The number of para-hydroxylation sites is 2. The molecule has 1 heterocycles. The lowest BCUT2D eigenvalue weighted by Gasteiger charge is -2.22. The lowest BCUT2D eigenvalue weighted by atomic mass is 10.0. The van der Waals surface area contributed by atoms with Crippen molar-refractivity contribution in [1.82, 2.24) is 14.9 Å². The fourth-order valence-electron chi connectivity index (χ4n) is 3.91. The van der Waals surface area contributed by atoms with Gasteiger partial charge in [0.25, 0.3) is 5.56 Å². The predicted molar refractivity (Wildman–Crippen MR) is 118 cm³/mol. The molecule has 1 amide bonds. The van der Waals surface area contributed by atoms with Crippen LogP contribution in [0, 0.1) is 18.3 Å². The van der Waals surface area contributed by atoms with Crippen LogP contribution in [-0.4, -0.2) is 26.8 Å². The number of rotatable bonds is 5. The number of aryl methyl sites for hydroxylation is 1. The van der Waals surface area contributed by atoms with E-state index in [0.717, 1.165) is 24.1 Å². The van der Waals surface area contributed by atoms with Gasteiger partial charge in [-0.1, -0.05) is 42.1 Å². The van der Waals surface area contributed by atoms with Gasteiger partial charge in [0.2, 0.25) is 5.91 Å². The summed E-state index contributed by atoms with van der Waals surface area (Å²) in [5.41, 5.74) is 1.36. The first kappa shape index (κ1) is 20.2. The number of hydrogen-bond donors (Lipinski definition) is 1. The molecular formula is C23H22N4O2S. The largest absolute Gasteiger partial charge is 0.337 e. The van der Waals surface area contributed by atoms with E-state index in [4.69, 9.17) is 0 Å². The van der Waals surface area contributed by atoms with Crippen LogP contribution < -0.4 is 10.9 Å². The maximum atomic E-state index is 13.3. The van der Waals surface area contributed by atoms with Gasteiger partial charge in [0.15, 0.2) is 5.16 Å². The predicted octanol–water partition coefficient (Wildman–Crippen LogP) is 3.74. The third kappa shape index (κ3) is 3.83. The third-order valence-corrected chi connectivity index (χ3v) is 6.42. The summed E-state index contributed by atoms with van der Waals surface area (Å²) in [4.78, 5) is 30.6. The van der Waals surface area contributed by atoms with Crippen LogP contribution in [0.5, 0.6) is 0 Å². The molecule has 0 aliphatic heterocycles. The maximum Gasteiger partial charge on any atom is 0.266 e. The highest BCUT2D eigenvalue weighted by Gasteiger charge is 2.35. The average Bonchev–Trinajstić information content (AvgIpc) is 3.22. The molecule has 0 bridgehead atoms. The lowest BCUT2D eigenvalue weighted by Crippen LogP contribution is -2.45. The highest BCUT2D eigenvalue weighted by molar-refractivity contribution is 7.99. The van der Waals surface area contributed by atoms with E-state index in [1.165, 1.54) is 11.8 Å². The Morgan fingerprint density at radius 1 is 1.20 bits per heavy atom. The number of thioether (sulfide) groups is 1. The SMILES string of the molecule is Cc1ccccc1-n1c(SCC(=O)NC2(C#N)CCCC2)nc2ccccc2c1=O. The monoisotopic (exact) mass is 418 g/mol. The summed E-state index contributed by atoms with van der Waals surface area (Å²) in [6, 6.07) is 17.1. The molecule has 1 fully saturated rings. The van der Waals surface area contributed by atoms with Crippen molar-refractivity contribution in [3.63, 3.8) is 0 Å². The molecule has 3 aromatic rings. The molecule has 152 valence electrons. The van der Waals surface area contributed by atoms with Crippen molar-refractivity contribution in [3.8, 4) is 11.8 Å². The second kappa shape index (κ2) is 8.33. The molecule has 30 heavy (non-hydrogen) atoms. The Balaban J connectivity index is 1.69. The number of nitrogens with one attached hydrogen (secondary N) is 1. The summed E-state index contributed by atoms with van der Waals surface area (Å²) < 4.78 is 1.57. The van der Waals surface area contributed by atoms with E-state index in [1.54, 1.807) is 16.7 Å². The summed E-state index contributed by atoms with van der Waals surface area (Å²) in [6.45, 7) is 1.94. The van der Waals surface area contributed by atoms with Crippen LogP contribution in [0.3, 0.4) is 0 Å². The minimum absolute atomic E-state index is 0.0834. The summed E-state index contributed by atoms with van der Waals surface area (Å²) >= 11 is 1.21. The molecule has 6 nitrogen and oxygen atoms in total. The van der Waals surface area contributed by atoms with Crippen molar-refractivity contribution in [2.24, 2.45) is 0 Å². The molecule has 1 N–H and O–H groups in total. The first-order valence-corrected chi connectivity index (χ1v) is 10.9. The normalized spacial score (nSPS) is 15.1. The standard InChI is InChI=1S/C23H22N4O2S/c1-16-8-2-5-11-19(16)27-21(29)17-9-3-4-10-18(17)25-22(27)30-14-20(28)26-23(15-24)12-6-7-13-23/h2-5,8-11H,6-7,12-14H2,1H3,(H,26,28). The zero-order valence-electron chi connectivity index (χ0n) is 16.7. The van der Waals surface area contributed by atoms with Gasteiger partial charge >= 0.3 is 0 Å². The molecule has 2 aromatic carbocycles. The van der Waals surface area contributed by atoms with Crippen molar-refractivity contribution < 1.29 is 4.79 Å². The zero-order chi connectivity index (χ0) is 21.1. The zero-order valence-corrected chi connectivity index (χ0v) is 17.5. The fraction of sp³-hybridized carbons (Fsp3) is 0.304. The van der Waals surface area contributed by atoms with Crippen molar-refractivity contribution >= 4 is 28.6 Å². The molecule has 0 spiro atoms. The van der Waals surface area contributed by atoms with Gasteiger partial charge in [0, 0.05) is 0 Å². The summed E-state index contributed by atoms with van der Waals surface area (Å²) in [5, 5.41) is 13.4. The summed E-state index contributed by atoms with van der Waals surface area (Å²) in [5.74, 6) is -0.137. The number of nitrogens with zero attached hydrogens (tertiary/aromatic N) is 3. The van der Waals surface area contributed by atoms with Gasteiger partial charge < -0.3 is 5.32 Å². The van der Waals surface area contributed by atoms with Gasteiger partial charge in [-0.2, -0.15) is 5.26 Å². The van der Waals surface area contributed by atoms with E-state index >= 15 is 0 Å². The quantitative estimate of drug-likeness (QED) is 0.504. The second-order valence-corrected chi connectivity index (χ2v) is 8.52. The maximum absolute atomic E-state index is 13.3. The Labute approximate surface area is 178 Å². The van der Waals surface area contributed by atoms with Crippen LogP contribution >= 0.6 is 11.8 Å². The second-order valence-electron chi connectivity index (χ2n) is 7.58. The number of aromatic nitrogens is 2. The number of carbonyl (C=O) groups is 1. The first-order chi connectivity index (χ1) is 14.5. The number of nitriles is 1. The number of fused-ring (bicyclic) bond motifs is 1.